The summed E-state index contributed by atoms with van der Waals surface area (Å²) in [4.78, 5) is 15.6. The maximum Gasteiger partial charge on any atom is 0.251 e. The molecule has 98 valence electrons. The number of carbonyl (C=O) groups is 1. The Labute approximate surface area is 111 Å². The molecule has 2 aromatic rings. The Kier molecular flexibility index (Phi) is 3.66. The van der Waals surface area contributed by atoms with Gasteiger partial charge in [-0.2, -0.15) is 0 Å². The molecular formula is C14H15N3O2. The average Bonchev–Trinajstić information content (AvgIpc) is 2.42. The molecule has 19 heavy (non-hydrogen) atoms. The van der Waals surface area contributed by atoms with E-state index in [4.69, 9.17) is 10.5 Å². The van der Waals surface area contributed by atoms with Crippen LogP contribution < -0.4 is 15.8 Å². The summed E-state index contributed by atoms with van der Waals surface area (Å²) >= 11 is 0. The van der Waals surface area contributed by atoms with Gasteiger partial charge in [-0.25, -0.2) is 0 Å². The molecule has 0 bridgehead atoms. The standard InChI is InChI=1S/C14H15N3O2/c1-9-12(4-3-7-17-9)19-13-6-5-10(8-11(13)15)14(18)16-2/h3-8H,15H2,1-2H3,(H,16,18). The van der Waals surface area contributed by atoms with Crippen LogP contribution in [-0.2, 0) is 0 Å². The van der Waals surface area contributed by atoms with E-state index in [2.05, 4.69) is 10.3 Å². The van der Waals surface area contributed by atoms with E-state index in [9.17, 15) is 4.79 Å². The molecule has 0 aliphatic rings. The fraction of sp³-hybridized carbons (Fsp3) is 0.143. The van der Waals surface area contributed by atoms with Crippen molar-refractivity contribution < 1.29 is 9.53 Å². The Bertz CT molecular complexity index is 611. The first kappa shape index (κ1) is 12.9. The Morgan fingerprint density at radius 1 is 1.32 bits per heavy atom. The zero-order valence-corrected chi connectivity index (χ0v) is 10.8. The second kappa shape index (κ2) is 5.39. The Morgan fingerprint density at radius 3 is 2.74 bits per heavy atom. The molecular weight excluding hydrogens is 242 g/mol. The average molecular weight is 257 g/mol. The minimum absolute atomic E-state index is 0.184. The van der Waals surface area contributed by atoms with Crippen LogP contribution in [0.2, 0.25) is 0 Å². The van der Waals surface area contributed by atoms with Gasteiger partial charge < -0.3 is 15.8 Å². The number of rotatable bonds is 3. The highest BCUT2D eigenvalue weighted by Gasteiger charge is 2.09. The van der Waals surface area contributed by atoms with Gasteiger partial charge in [0.1, 0.15) is 11.5 Å². The number of ether oxygens (including phenoxy) is 1. The van der Waals surface area contributed by atoms with Crippen molar-refractivity contribution in [2.45, 2.75) is 6.92 Å². The Balaban J connectivity index is 2.27. The summed E-state index contributed by atoms with van der Waals surface area (Å²) in [5, 5.41) is 2.54. The first-order valence-corrected chi connectivity index (χ1v) is 5.83. The SMILES string of the molecule is CNC(=O)c1ccc(Oc2cccnc2C)c(N)c1. The van der Waals surface area contributed by atoms with Crippen molar-refractivity contribution in [1.82, 2.24) is 10.3 Å². The number of carbonyl (C=O) groups excluding carboxylic acids is 1. The van der Waals surface area contributed by atoms with Crippen LogP contribution in [0.1, 0.15) is 16.1 Å². The number of pyridine rings is 1. The van der Waals surface area contributed by atoms with E-state index < -0.39 is 0 Å². The van der Waals surface area contributed by atoms with Crippen LogP contribution in [-0.4, -0.2) is 17.9 Å². The maximum atomic E-state index is 11.5. The lowest BCUT2D eigenvalue weighted by molar-refractivity contribution is 0.0963. The monoisotopic (exact) mass is 257 g/mol. The highest BCUT2D eigenvalue weighted by Crippen LogP contribution is 2.29. The lowest BCUT2D eigenvalue weighted by atomic mass is 10.2. The lowest BCUT2D eigenvalue weighted by Crippen LogP contribution is -2.17. The van der Waals surface area contributed by atoms with Crippen LogP contribution in [0.5, 0.6) is 11.5 Å². The predicted molar refractivity (Wildman–Crippen MR) is 73.3 cm³/mol. The number of aromatic nitrogens is 1. The molecule has 0 unspecified atom stereocenters. The molecule has 0 spiro atoms. The molecule has 0 fully saturated rings. The van der Waals surface area contributed by atoms with Crippen LogP contribution in [0.25, 0.3) is 0 Å². The van der Waals surface area contributed by atoms with E-state index in [1.807, 2.05) is 13.0 Å². The van der Waals surface area contributed by atoms with Gasteiger partial charge in [0, 0.05) is 18.8 Å². The highest BCUT2D eigenvalue weighted by atomic mass is 16.5. The van der Waals surface area contributed by atoms with E-state index in [1.54, 1.807) is 37.5 Å². The number of nitrogens with two attached hydrogens (primary N) is 1. The summed E-state index contributed by atoms with van der Waals surface area (Å²) < 4.78 is 5.69. The molecule has 5 heteroatoms. The summed E-state index contributed by atoms with van der Waals surface area (Å²) in [6.45, 7) is 1.85. The van der Waals surface area contributed by atoms with Gasteiger partial charge in [0.15, 0.2) is 0 Å². The lowest BCUT2D eigenvalue weighted by Gasteiger charge is -2.11. The first-order valence-electron chi connectivity index (χ1n) is 5.83. The van der Waals surface area contributed by atoms with Crippen molar-refractivity contribution >= 4 is 11.6 Å². The van der Waals surface area contributed by atoms with Crippen LogP contribution in [0, 0.1) is 6.92 Å². The quantitative estimate of drug-likeness (QED) is 0.826. The number of hydrogen-bond donors (Lipinski definition) is 2. The van der Waals surface area contributed by atoms with Gasteiger partial charge >= 0.3 is 0 Å². The molecule has 0 radical (unpaired) electrons. The van der Waals surface area contributed by atoms with Crippen molar-refractivity contribution in [3.05, 3.63) is 47.8 Å². The Hall–Kier alpha value is -2.56. The van der Waals surface area contributed by atoms with Crippen LogP contribution in [0.3, 0.4) is 0 Å². The largest absolute Gasteiger partial charge is 0.453 e. The van der Waals surface area contributed by atoms with Crippen molar-refractivity contribution in [2.24, 2.45) is 0 Å². The van der Waals surface area contributed by atoms with Gasteiger partial charge in [0.2, 0.25) is 0 Å². The second-order valence-corrected chi connectivity index (χ2v) is 4.02. The molecule has 0 aliphatic carbocycles. The van der Waals surface area contributed by atoms with Gasteiger partial charge in [-0.3, -0.25) is 9.78 Å². The summed E-state index contributed by atoms with van der Waals surface area (Å²) in [5.41, 5.74) is 7.56. The van der Waals surface area contributed by atoms with Crippen molar-refractivity contribution in [3.8, 4) is 11.5 Å². The fourth-order valence-corrected chi connectivity index (χ4v) is 1.62. The topological polar surface area (TPSA) is 77.2 Å². The summed E-state index contributed by atoms with van der Waals surface area (Å²) in [7, 11) is 1.57. The molecule has 0 saturated carbocycles. The minimum Gasteiger partial charge on any atom is -0.453 e. The van der Waals surface area contributed by atoms with E-state index >= 15 is 0 Å². The molecule has 0 aliphatic heterocycles. The molecule has 0 saturated heterocycles. The molecule has 0 atom stereocenters. The first-order chi connectivity index (χ1) is 9.11. The third-order valence-electron chi connectivity index (χ3n) is 2.68. The van der Waals surface area contributed by atoms with Gasteiger partial charge in [0.25, 0.3) is 5.91 Å². The highest BCUT2D eigenvalue weighted by molar-refractivity contribution is 5.95. The summed E-state index contributed by atoms with van der Waals surface area (Å²) in [5.74, 6) is 0.960. The van der Waals surface area contributed by atoms with Crippen molar-refractivity contribution in [3.63, 3.8) is 0 Å². The van der Waals surface area contributed by atoms with E-state index in [-0.39, 0.29) is 5.91 Å². The van der Waals surface area contributed by atoms with E-state index in [1.165, 1.54) is 0 Å². The number of nitrogens with zero attached hydrogens (tertiary/aromatic N) is 1. The number of aryl methyl sites for hydroxylation is 1. The molecule has 1 aromatic heterocycles. The molecule has 2 rings (SSSR count). The normalized spacial score (nSPS) is 10.0. The number of hydrogen-bond acceptors (Lipinski definition) is 4. The smallest absolute Gasteiger partial charge is 0.251 e. The molecule has 5 nitrogen and oxygen atoms in total. The number of amides is 1. The number of nitrogens with one attached hydrogen (secondary N) is 1. The maximum absolute atomic E-state index is 11.5. The second-order valence-electron chi connectivity index (χ2n) is 4.02. The number of nitrogen functional groups attached to an aromatic ring is 1. The van der Waals surface area contributed by atoms with Gasteiger partial charge in [0.05, 0.1) is 11.4 Å². The number of anilines is 1. The van der Waals surface area contributed by atoms with Crippen LogP contribution in [0.4, 0.5) is 5.69 Å². The minimum atomic E-state index is -0.184. The summed E-state index contributed by atoms with van der Waals surface area (Å²) in [6.07, 6.45) is 1.69. The third-order valence-corrected chi connectivity index (χ3v) is 2.68. The zero-order valence-electron chi connectivity index (χ0n) is 10.8. The Morgan fingerprint density at radius 2 is 2.11 bits per heavy atom. The molecule has 1 amide bonds. The van der Waals surface area contributed by atoms with Crippen molar-refractivity contribution in [2.75, 3.05) is 12.8 Å². The summed E-state index contributed by atoms with van der Waals surface area (Å²) in [6, 6.07) is 8.52. The van der Waals surface area contributed by atoms with Gasteiger partial charge in [-0.1, -0.05) is 0 Å². The zero-order chi connectivity index (χ0) is 13.8. The van der Waals surface area contributed by atoms with E-state index in [0.717, 1.165) is 5.69 Å². The fourth-order valence-electron chi connectivity index (χ4n) is 1.62. The predicted octanol–water partition coefficient (Wildman–Crippen LogP) is 2.12. The van der Waals surface area contributed by atoms with Gasteiger partial charge in [-0.05, 0) is 37.3 Å². The third kappa shape index (κ3) is 2.82. The van der Waals surface area contributed by atoms with Crippen molar-refractivity contribution in [1.29, 1.82) is 0 Å². The molecule has 3 N–H and O–H groups in total. The van der Waals surface area contributed by atoms with Gasteiger partial charge in [-0.15, -0.1) is 0 Å². The van der Waals surface area contributed by atoms with E-state index in [0.29, 0.717) is 22.7 Å². The van der Waals surface area contributed by atoms with Crippen LogP contribution in [0.15, 0.2) is 36.5 Å². The number of benzene rings is 1. The molecule has 1 heterocycles. The molecule has 1 aromatic carbocycles. The van der Waals surface area contributed by atoms with Crippen LogP contribution >= 0.6 is 0 Å².